The van der Waals surface area contributed by atoms with Crippen LogP contribution in [0.1, 0.15) is 25.0 Å². The number of sulfone groups is 1. The highest BCUT2D eigenvalue weighted by molar-refractivity contribution is 7.90. The second kappa shape index (κ2) is 9.63. The molecule has 0 spiro atoms. The zero-order chi connectivity index (χ0) is 26.0. The van der Waals surface area contributed by atoms with Crippen LogP contribution >= 0.6 is 0 Å². The summed E-state index contributed by atoms with van der Waals surface area (Å²) < 4.78 is 64.2. The lowest BCUT2D eigenvalue weighted by atomic mass is 9.99. The van der Waals surface area contributed by atoms with Gasteiger partial charge < -0.3 is 10.8 Å². The number of benzene rings is 2. The lowest BCUT2D eigenvalue weighted by molar-refractivity contribution is -0.137. The van der Waals surface area contributed by atoms with E-state index < -0.39 is 32.9 Å². The monoisotopic (exact) mass is 503 g/mol. The van der Waals surface area contributed by atoms with E-state index in [2.05, 4.69) is 9.98 Å². The molecule has 0 unspecified atom stereocenters. The summed E-state index contributed by atoms with van der Waals surface area (Å²) >= 11 is 0. The van der Waals surface area contributed by atoms with Crippen molar-refractivity contribution in [2.45, 2.75) is 30.5 Å². The van der Waals surface area contributed by atoms with Gasteiger partial charge >= 0.3 is 6.18 Å². The van der Waals surface area contributed by atoms with Crippen LogP contribution in [-0.4, -0.2) is 36.1 Å². The molecule has 0 saturated carbocycles. The molecule has 3 rings (SSSR count). The molecule has 1 aromatic heterocycles. The number of allylic oxidation sites excluding steroid dienone is 1. The number of alkyl halides is 3. The van der Waals surface area contributed by atoms with Crippen LogP contribution in [0.3, 0.4) is 0 Å². The molecule has 0 amide bonds. The molecule has 0 atom stereocenters. The molecule has 6 nitrogen and oxygen atoms in total. The molecular weight excluding hydrogens is 479 g/mol. The quantitative estimate of drug-likeness (QED) is 0.465. The zero-order valence-corrected chi connectivity index (χ0v) is 20.0. The molecule has 0 radical (unpaired) electrons. The molecule has 10 heteroatoms. The maximum Gasteiger partial charge on any atom is 0.418 e. The highest BCUT2D eigenvalue weighted by Gasteiger charge is 2.33. The second-order valence-electron chi connectivity index (χ2n) is 8.42. The van der Waals surface area contributed by atoms with E-state index in [1.165, 1.54) is 32.1 Å². The Labute approximate surface area is 201 Å². The molecular formula is C25H24F3N3O3S. The van der Waals surface area contributed by atoms with Crippen molar-refractivity contribution < 1.29 is 26.7 Å². The van der Waals surface area contributed by atoms with Gasteiger partial charge in [-0.2, -0.15) is 13.2 Å². The normalized spacial score (nSPS) is 13.7. The number of hydrogen-bond acceptors (Lipinski definition) is 6. The molecule has 3 N–H and O–H groups in total. The summed E-state index contributed by atoms with van der Waals surface area (Å²) in [7, 11) is -3.40. The molecule has 0 aliphatic carbocycles. The van der Waals surface area contributed by atoms with Crippen molar-refractivity contribution in [2.75, 3.05) is 6.26 Å². The summed E-state index contributed by atoms with van der Waals surface area (Å²) in [5.41, 5.74) is 5.03. The number of hydrogen-bond donors (Lipinski definition) is 2. The van der Waals surface area contributed by atoms with Crippen molar-refractivity contribution in [3.63, 3.8) is 0 Å². The van der Waals surface area contributed by atoms with E-state index >= 15 is 0 Å². The molecule has 2 aromatic carbocycles. The van der Waals surface area contributed by atoms with Gasteiger partial charge in [0.25, 0.3) is 0 Å². The van der Waals surface area contributed by atoms with Crippen molar-refractivity contribution >= 4 is 21.2 Å². The zero-order valence-electron chi connectivity index (χ0n) is 19.2. The summed E-state index contributed by atoms with van der Waals surface area (Å²) in [6.07, 6.45) is -0.186. The van der Waals surface area contributed by atoms with Gasteiger partial charge in [0.2, 0.25) is 0 Å². The lowest BCUT2D eigenvalue weighted by Gasteiger charge is -2.18. The molecule has 0 aliphatic heterocycles. The Morgan fingerprint density at radius 2 is 1.71 bits per heavy atom. The summed E-state index contributed by atoms with van der Waals surface area (Å²) in [6, 6.07) is 13.9. The first-order valence-corrected chi connectivity index (χ1v) is 12.3. The van der Waals surface area contributed by atoms with E-state index in [9.17, 15) is 26.7 Å². The first-order valence-electron chi connectivity index (χ1n) is 10.4. The number of pyridine rings is 1. The molecule has 0 fully saturated rings. The lowest BCUT2D eigenvalue weighted by Crippen LogP contribution is -2.28. The first-order chi connectivity index (χ1) is 16.2. The number of nitrogens with zero attached hydrogens (tertiary/aromatic N) is 2. The molecule has 3 aromatic rings. The predicted molar refractivity (Wildman–Crippen MR) is 129 cm³/mol. The van der Waals surface area contributed by atoms with E-state index in [1.807, 2.05) is 0 Å². The van der Waals surface area contributed by atoms with Crippen LogP contribution in [0, 0.1) is 0 Å². The Balaban J connectivity index is 2.12. The van der Waals surface area contributed by atoms with Crippen molar-refractivity contribution in [2.24, 2.45) is 10.7 Å². The fourth-order valence-corrected chi connectivity index (χ4v) is 3.76. The van der Waals surface area contributed by atoms with Gasteiger partial charge in [0, 0.05) is 23.7 Å². The molecule has 35 heavy (non-hydrogen) atoms. The average molecular weight is 504 g/mol. The van der Waals surface area contributed by atoms with E-state index in [0.29, 0.717) is 16.7 Å². The summed E-state index contributed by atoms with van der Waals surface area (Å²) in [6.45, 7) is 2.89. The minimum Gasteiger partial charge on any atom is -0.400 e. The number of nitrogens with two attached hydrogens (primary N) is 1. The van der Waals surface area contributed by atoms with E-state index in [4.69, 9.17) is 5.73 Å². The number of aromatic nitrogens is 1. The maximum absolute atomic E-state index is 13.5. The summed E-state index contributed by atoms with van der Waals surface area (Å²) in [5, 5.41) is 10.2. The number of aliphatic hydroxyl groups is 1. The van der Waals surface area contributed by atoms with Gasteiger partial charge in [0.15, 0.2) is 9.84 Å². The van der Waals surface area contributed by atoms with E-state index in [-0.39, 0.29) is 16.3 Å². The fourth-order valence-electron chi connectivity index (χ4n) is 3.09. The largest absolute Gasteiger partial charge is 0.418 e. The van der Waals surface area contributed by atoms with Crippen molar-refractivity contribution in [1.29, 1.82) is 0 Å². The van der Waals surface area contributed by atoms with Crippen molar-refractivity contribution in [3.05, 3.63) is 89.9 Å². The molecule has 0 bridgehead atoms. The Bertz CT molecular complexity index is 1390. The Morgan fingerprint density at radius 3 is 2.29 bits per heavy atom. The summed E-state index contributed by atoms with van der Waals surface area (Å²) in [5.74, 6) is 0. The molecule has 184 valence electrons. The Kier molecular flexibility index (Phi) is 7.18. The Morgan fingerprint density at radius 1 is 1.06 bits per heavy atom. The molecule has 0 saturated heterocycles. The first kappa shape index (κ1) is 26.1. The van der Waals surface area contributed by atoms with Gasteiger partial charge in [-0.1, -0.05) is 36.4 Å². The standard InChI is InChI=1S/C25H24F3N3O3S/c1-24(2,32)23(29)14-21(31-22-15-30-12-11-20(22)25(26,27)28)17-9-7-16(8-10-17)18-5-4-6-19(13-18)35(3,33)34/h4-15,32H,29H2,1-3H3/b23-14-,31-21?. The third-order valence-corrected chi connectivity index (χ3v) is 6.23. The molecule has 1 heterocycles. The average Bonchev–Trinajstić information content (AvgIpc) is 2.77. The van der Waals surface area contributed by atoms with Crippen LogP contribution < -0.4 is 5.73 Å². The van der Waals surface area contributed by atoms with Crippen molar-refractivity contribution in [3.8, 4) is 11.1 Å². The van der Waals surface area contributed by atoms with Gasteiger partial charge in [-0.15, -0.1) is 0 Å². The molecule has 0 aliphatic rings. The van der Waals surface area contributed by atoms with E-state index in [1.54, 1.807) is 36.4 Å². The van der Waals surface area contributed by atoms with Gasteiger partial charge in [-0.05, 0) is 49.2 Å². The maximum atomic E-state index is 13.5. The van der Waals surface area contributed by atoms with Gasteiger partial charge in [-0.3, -0.25) is 4.98 Å². The van der Waals surface area contributed by atoms with Crippen molar-refractivity contribution in [1.82, 2.24) is 4.98 Å². The van der Waals surface area contributed by atoms with Crippen LogP contribution in [0.15, 0.2) is 88.7 Å². The van der Waals surface area contributed by atoms with Gasteiger partial charge in [0.05, 0.1) is 33.7 Å². The summed E-state index contributed by atoms with van der Waals surface area (Å²) in [4.78, 5) is 8.11. The van der Waals surface area contributed by atoms with Gasteiger partial charge in [0.1, 0.15) is 0 Å². The number of rotatable bonds is 6. The van der Waals surface area contributed by atoms with Crippen LogP contribution in [0.25, 0.3) is 11.1 Å². The predicted octanol–water partition coefficient (Wildman–Crippen LogP) is 4.91. The smallest absolute Gasteiger partial charge is 0.400 e. The van der Waals surface area contributed by atoms with Gasteiger partial charge in [-0.25, -0.2) is 13.4 Å². The fraction of sp³-hybridized carbons (Fsp3) is 0.200. The highest BCUT2D eigenvalue weighted by atomic mass is 32.2. The van der Waals surface area contributed by atoms with Crippen LogP contribution in [0.2, 0.25) is 0 Å². The third-order valence-electron chi connectivity index (χ3n) is 5.12. The minimum atomic E-state index is -4.65. The van der Waals surface area contributed by atoms with Crippen LogP contribution in [0.4, 0.5) is 18.9 Å². The third kappa shape index (κ3) is 6.55. The highest BCUT2D eigenvalue weighted by Crippen LogP contribution is 2.36. The topological polar surface area (TPSA) is 106 Å². The SMILES string of the molecule is CC(C)(O)/C(N)=C/C(=Nc1cnccc1C(F)(F)F)c1ccc(-c2cccc(S(C)(=O)=O)c2)cc1. The van der Waals surface area contributed by atoms with Crippen LogP contribution in [0.5, 0.6) is 0 Å². The van der Waals surface area contributed by atoms with E-state index in [0.717, 1.165) is 24.7 Å². The van der Waals surface area contributed by atoms with Crippen LogP contribution in [-0.2, 0) is 16.0 Å². The number of aliphatic imine (C=N–C) groups is 1. The number of halogens is 3. The Hall–Kier alpha value is -3.50. The minimum absolute atomic E-state index is 0.00127. The second-order valence-corrected chi connectivity index (χ2v) is 10.4.